The minimum absolute atomic E-state index is 0.176. The lowest BCUT2D eigenvalue weighted by molar-refractivity contribution is 0.122. The lowest BCUT2D eigenvalue weighted by Gasteiger charge is -2.28. The molecule has 184 valence electrons. The molecule has 1 atom stereocenters. The van der Waals surface area contributed by atoms with Gasteiger partial charge in [-0.05, 0) is 55.0 Å². The summed E-state index contributed by atoms with van der Waals surface area (Å²) in [5, 5.41) is 5.57. The fourth-order valence-electron chi connectivity index (χ4n) is 3.56. The molecule has 1 saturated heterocycles. The predicted molar refractivity (Wildman–Crippen MR) is 134 cm³/mol. The molecular formula is C25H28FN5O3S. The number of amides is 2. The largest absolute Gasteiger partial charge is 0.378 e. The van der Waals surface area contributed by atoms with Gasteiger partial charge in [0, 0.05) is 41.8 Å². The number of nitrogens with one attached hydrogen (secondary N) is 2. The van der Waals surface area contributed by atoms with Crippen LogP contribution < -0.4 is 15.5 Å². The Hall–Kier alpha value is -3.37. The second-order valence-corrected chi connectivity index (χ2v) is 9.49. The third-order valence-corrected chi connectivity index (χ3v) is 6.75. The molecule has 2 amide bonds. The maximum absolute atomic E-state index is 13.3. The predicted octanol–water partition coefficient (Wildman–Crippen LogP) is 3.96. The fourth-order valence-corrected chi connectivity index (χ4v) is 4.58. The van der Waals surface area contributed by atoms with E-state index in [1.807, 2.05) is 25.1 Å². The first kappa shape index (κ1) is 24.7. The number of carbonyl (C=O) groups excluding carboxylic acids is 1. The van der Waals surface area contributed by atoms with Crippen LogP contribution in [0.5, 0.6) is 0 Å². The molecular weight excluding hydrogens is 469 g/mol. The molecule has 2 N–H and O–H groups in total. The highest BCUT2D eigenvalue weighted by Gasteiger charge is 2.17. The van der Waals surface area contributed by atoms with Crippen molar-refractivity contribution >= 4 is 28.3 Å². The van der Waals surface area contributed by atoms with Crippen molar-refractivity contribution in [2.45, 2.75) is 24.0 Å². The van der Waals surface area contributed by atoms with E-state index in [0.717, 1.165) is 17.8 Å². The van der Waals surface area contributed by atoms with E-state index in [1.165, 1.54) is 24.3 Å². The number of benzene rings is 2. The summed E-state index contributed by atoms with van der Waals surface area (Å²) in [6, 6.07) is 14.5. The van der Waals surface area contributed by atoms with Crippen molar-refractivity contribution in [1.29, 1.82) is 0 Å². The van der Waals surface area contributed by atoms with Crippen LogP contribution in [-0.2, 0) is 21.3 Å². The lowest BCUT2D eigenvalue weighted by atomic mass is 10.2. The van der Waals surface area contributed by atoms with E-state index in [0.29, 0.717) is 54.9 Å². The summed E-state index contributed by atoms with van der Waals surface area (Å²) >= 11 is 0. The van der Waals surface area contributed by atoms with E-state index in [1.54, 1.807) is 12.1 Å². The van der Waals surface area contributed by atoms with Crippen LogP contribution in [0.3, 0.4) is 0 Å². The van der Waals surface area contributed by atoms with Crippen molar-refractivity contribution in [3.05, 3.63) is 66.1 Å². The summed E-state index contributed by atoms with van der Waals surface area (Å²) in [4.78, 5) is 24.0. The number of ether oxygens (including phenoxy) is 1. The van der Waals surface area contributed by atoms with Gasteiger partial charge in [-0.2, -0.15) is 0 Å². The number of hydrogen-bond acceptors (Lipinski definition) is 6. The molecule has 4 rings (SSSR count). The van der Waals surface area contributed by atoms with E-state index in [9.17, 15) is 13.4 Å². The maximum atomic E-state index is 13.3. The van der Waals surface area contributed by atoms with Gasteiger partial charge in [0.25, 0.3) is 0 Å². The second kappa shape index (κ2) is 11.9. The van der Waals surface area contributed by atoms with E-state index in [2.05, 4.69) is 20.5 Å². The van der Waals surface area contributed by atoms with Crippen molar-refractivity contribution in [3.8, 4) is 11.4 Å². The van der Waals surface area contributed by atoms with Gasteiger partial charge in [0.1, 0.15) is 11.6 Å². The minimum Gasteiger partial charge on any atom is -0.378 e. The fraction of sp³-hybridized carbons (Fsp3) is 0.320. The molecule has 35 heavy (non-hydrogen) atoms. The standard InChI is InChI=1S/C25H28FN5O3S/c1-2-11-27-25(32)29-20-7-3-18(4-8-20)24-28-21(16-23(30-24)31-12-14-34-15-13-31)17-35(33)22-9-5-19(26)6-10-22/h3-10,16H,2,11-15,17H2,1H3,(H2,27,29,32). The van der Waals surface area contributed by atoms with Crippen LogP contribution >= 0.6 is 0 Å². The Labute approximate surface area is 206 Å². The molecule has 8 nitrogen and oxygen atoms in total. The highest BCUT2D eigenvalue weighted by molar-refractivity contribution is 7.84. The Morgan fingerprint density at radius 2 is 1.80 bits per heavy atom. The smallest absolute Gasteiger partial charge is 0.319 e. The van der Waals surface area contributed by atoms with Gasteiger partial charge in [0.15, 0.2) is 5.82 Å². The molecule has 1 aliphatic heterocycles. The Bertz CT molecular complexity index is 1170. The van der Waals surface area contributed by atoms with Crippen LogP contribution in [0, 0.1) is 5.82 Å². The van der Waals surface area contributed by atoms with Crippen molar-refractivity contribution < 1.29 is 18.1 Å². The lowest BCUT2D eigenvalue weighted by Crippen LogP contribution is -2.37. The van der Waals surface area contributed by atoms with Crippen LogP contribution in [-0.4, -0.2) is 53.1 Å². The summed E-state index contributed by atoms with van der Waals surface area (Å²) in [6.45, 7) is 5.21. The molecule has 10 heteroatoms. The third-order valence-electron chi connectivity index (χ3n) is 5.39. The highest BCUT2D eigenvalue weighted by Crippen LogP contribution is 2.24. The van der Waals surface area contributed by atoms with Crippen molar-refractivity contribution in [3.63, 3.8) is 0 Å². The number of halogens is 1. The molecule has 0 aliphatic carbocycles. The van der Waals surface area contributed by atoms with Crippen LogP contribution in [0.15, 0.2) is 59.5 Å². The average Bonchev–Trinajstić information content (AvgIpc) is 2.88. The van der Waals surface area contributed by atoms with E-state index in [4.69, 9.17) is 9.72 Å². The maximum Gasteiger partial charge on any atom is 0.319 e. The zero-order valence-electron chi connectivity index (χ0n) is 19.5. The van der Waals surface area contributed by atoms with Gasteiger partial charge in [-0.15, -0.1) is 0 Å². The summed E-state index contributed by atoms with van der Waals surface area (Å²) in [5.74, 6) is 1.05. The zero-order chi connectivity index (χ0) is 24.6. The Balaban J connectivity index is 1.58. The van der Waals surface area contributed by atoms with Crippen molar-refractivity contribution in [1.82, 2.24) is 15.3 Å². The first-order chi connectivity index (χ1) is 17.0. The average molecular weight is 498 g/mol. The van der Waals surface area contributed by atoms with E-state index < -0.39 is 10.8 Å². The molecule has 1 unspecified atom stereocenters. The van der Waals surface area contributed by atoms with Crippen molar-refractivity contribution in [2.24, 2.45) is 0 Å². The normalized spacial score (nSPS) is 14.4. The number of rotatable bonds is 8. The Morgan fingerprint density at radius 1 is 1.09 bits per heavy atom. The van der Waals surface area contributed by atoms with Gasteiger partial charge in [0.05, 0.1) is 35.5 Å². The molecule has 0 radical (unpaired) electrons. The molecule has 1 aliphatic rings. The minimum atomic E-state index is -1.39. The number of morpholine rings is 1. The van der Waals surface area contributed by atoms with Gasteiger partial charge < -0.3 is 20.3 Å². The van der Waals surface area contributed by atoms with E-state index >= 15 is 0 Å². The molecule has 3 aromatic rings. The molecule has 2 heterocycles. The van der Waals surface area contributed by atoms with Crippen LogP contribution in [0.25, 0.3) is 11.4 Å². The van der Waals surface area contributed by atoms with E-state index in [-0.39, 0.29) is 17.6 Å². The number of carbonyl (C=O) groups is 1. The van der Waals surface area contributed by atoms with Crippen LogP contribution in [0.4, 0.5) is 20.7 Å². The van der Waals surface area contributed by atoms with Crippen LogP contribution in [0.2, 0.25) is 0 Å². The molecule has 1 aromatic heterocycles. The Morgan fingerprint density at radius 3 is 2.49 bits per heavy atom. The molecule has 0 bridgehead atoms. The first-order valence-corrected chi connectivity index (χ1v) is 12.8. The highest BCUT2D eigenvalue weighted by atomic mass is 32.2. The number of hydrogen-bond donors (Lipinski definition) is 2. The SMILES string of the molecule is CCCNC(=O)Nc1ccc(-c2nc(CS(=O)c3ccc(F)cc3)cc(N3CCOCC3)n2)cc1. The van der Waals surface area contributed by atoms with Gasteiger partial charge >= 0.3 is 6.03 Å². The van der Waals surface area contributed by atoms with Crippen molar-refractivity contribution in [2.75, 3.05) is 43.1 Å². The monoisotopic (exact) mass is 497 g/mol. The summed E-state index contributed by atoms with van der Waals surface area (Å²) < 4.78 is 31.7. The third kappa shape index (κ3) is 6.83. The summed E-state index contributed by atoms with van der Waals surface area (Å²) in [6.07, 6.45) is 0.859. The number of nitrogens with zero attached hydrogens (tertiary/aromatic N) is 3. The van der Waals surface area contributed by atoms with Gasteiger partial charge in [-0.1, -0.05) is 6.92 Å². The molecule has 2 aromatic carbocycles. The summed E-state index contributed by atoms with van der Waals surface area (Å²) in [5.41, 5.74) is 2.05. The topological polar surface area (TPSA) is 96.5 Å². The molecule has 1 fully saturated rings. The summed E-state index contributed by atoms with van der Waals surface area (Å²) in [7, 11) is -1.39. The second-order valence-electron chi connectivity index (χ2n) is 8.04. The quantitative estimate of drug-likeness (QED) is 0.489. The first-order valence-electron chi connectivity index (χ1n) is 11.5. The molecule has 0 spiro atoms. The number of anilines is 2. The number of aromatic nitrogens is 2. The van der Waals surface area contributed by atoms with Gasteiger partial charge in [-0.25, -0.2) is 19.2 Å². The Kier molecular flexibility index (Phi) is 8.38. The molecule has 0 saturated carbocycles. The zero-order valence-corrected chi connectivity index (χ0v) is 20.3. The van der Waals surface area contributed by atoms with Gasteiger partial charge in [-0.3, -0.25) is 4.21 Å². The van der Waals surface area contributed by atoms with Crippen LogP contribution in [0.1, 0.15) is 19.0 Å². The van der Waals surface area contributed by atoms with Gasteiger partial charge in [0.2, 0.25) is 0 Å². The number of urea groups is 1.